The molecule has 0 aliphatic rings. The van der Waals surface area contributed by atoms with E-state index in [-0.39, 0.29) is 5.78 Å². The van der Waals surface area contributed by atoms with E-state index >= 15 is 0 Å². The number of hydrogen-bond acceptors (Lipinski definition) is 4. The fourth-order valence-electron chi connectivity index (χ4n) is 2.47. The van der Waals surface area contributed by atoms with Crippen LogP contribution in [-0.2, 0) is 4.74 Å². The first-order valence-corrected chi connectivity index (χ1v) is 14.8. The molecule has 0 radical (unpaired) electrons. The topological polar surface area (TPSA) is 52.6 Å². The van der Waals surface area contributed by atoms with Crippen molar-refractivity contribution in [1.82, 2.24) is 0 Å². The Hall–Kier alpha value is -1.41. The largest absolute Gasteiger partial charge is 0.513 e. The highest BCUT2D eigenvalue weighted by Crippen LogP contribution is 2.34. The van der Waals surface area contributed by atoms with Crippen molar-refractivity contribution in [2.75, 3.05) is 0 Å². The molecule has 0 aliphatic carbocycles. The molecule has 4 nitrogen and oxygen atoms in total. The molecule has 0 saturated carbocycles. The lowest BCUT2D eigenvalue weighted by Gasteiger charge is -2.47. The van der Waals surface area contributed by atoms with Crippen LogP contribution in [0.15, 0.2) is 24.3 Å². The quantitative estimate of drug-likeness (QED) is 0.327. The van der Waals surface area contributed by atoms with E-state index in [4.69, 9.17) is 9.47 Å². The van der Waals surface area contributed by atoms with Gasteiger partial charge >= 0.3 is 6.16 Å². The zero-order chi connectivity index (χ0) is 18.1. The zero-order valence-electron chi connectivity index (χ0n) is 15.4. The Labute approximate surface area is 141 Å². The summed E-state index contributed by atoms with van der Waals surface area (Å²) in [5, 5.41) is 0. The summed E-state index contributed by atoms with van der Waals surface area (Å²) in [5.74, 6) is 0.359. The second kappa shape index (κ2) is 6.61. The molecule has 0 aromatic heterocycles. The fraction of sp³-hybridized carbons (Fsp3) is 0.529. The van der Waals surface area contributed by atoms with Gasteiger partial charge in [-0.2, -0.15) is 0 Å². The standard InChI is InChI=1S/C17H28O4Si2/c1-13(18)14-9-11-15(12-10-14)20-16(19)21-17(2,22(3,4)5)23(6,7)8/h9-12H,1-8H3. The monoisotopic (exact) mass is 352 g/mol. The van der Waals surface area contributed by atoms with E-state index in [1.165, 1.54) is 6.92 Å². The van der Waals surface area contributed by atoms with Gasteiger partial charge in [-0.05, 0) is 38.1 Å². The number of ketones is 1. The molecule has 1 aromatic carbocycles. The van der Waals surface area contributed by atoms with Crippen molar-refractivity contribution < 1.29 is 19.1 Å². The number of carbonyl (C=O) groups is 2. The minimum Gasteiger partial charge on any atom is -0.435 e. The minimum absolute atomic E-state index is 0.0239. The van der Waals surface area contributed by atoms with Crippen LogP contribution in [0, 0.1) is 0 Å². The highest BCUT2D eigenvalue weighted by atomic mass is 28.4. The SMILES string of the molecule is CC(=O)c1ccc(OC(=O)OC(C)([Si](C)(C)C)[Si](C)(C)C)cc1. The highest BCUT2D eigenvalue weighted by Gasteiger charge is 2.52. The Morgan fingerprint density at radius 2 is 1.35 bits per heavy atom. The van der Waals surface area contributed by atoms with E-state index in [1.807, 2.05) is 6.92 Å². The van der Waals surface area contributed by atoms with Crippen molar-refractivity contribution in [2.45, 2.75) is 58.0 Å². The van der Waals surface area contributed by atoms with Gasteiger partial charge in [-0.15, -0.1) is 0 Å². The van der Waals surface area contributed by atoms with Crippen LogP contribution in [0.2, 0.25) is 39.3 Å². The normalized spacial score (nSPS) is 12.7. The fourth-order valence-corrected chi connectivity index (χ4v) is 12.3. The van der Waals surface area contributed by atoms with Crippen molar-refractivity contribution >= 4 is 28.1 Å². The summed E-state index contributed by atoms with van der Waals surface area (Å²) in [7, 11) is -3.51. The Morgan fingerprint density at radius 3 is 1.70 bits per heavy atom. The van der Waals surface area contributed by atoms with E-state index in [2.05, 4.69) is 39.3 Å². The van der Waals surface area contributed by atoms with Gasteiger partial charge in [-0.1, -0.05) is 39.3 Å². The predicted octanol–water partition coefficient (Wildman–Crippen LogP) is 4.92. The molecular weight excluding hydrogens is 324 g/mol. The molecule has 6 heteroatoms. The van der Waals surface area contributed by atoms with Gasteiger partial charge in [0.15, 0.2) is 5.78 Å². The van der Waals surface area contributed by atoms with Crippen molar-refractivity contribution in [3.05, 3.63) is 29.8 Å². The van der Waals surface area contributed by atoms with Crippen molar-refractivity contribution in [2.24, 2.45) is 0 Å². The maximum Gasteiger partial charge on any atom is 0.513 e. The first-order valence-electron chi connectivity index (χ1n) is 7.80. The van der Waals surface area contributed by atoms with Crippen LogP contribution >= 0.6 is 0 Å². The lowest BCUT2D eigenvalue weighted by molar-refractivity contribution is 0.0697. The molecule has 0 saturated heterocycles. The average molecular weight is 353 g/mol. The third kappa shape index (κ3) is 4.54. The van der Waals surface area contributed by atoms with E-state index in [0.717, 1.165) is 0 Å². The van der Waals surface area contributed by atoms with Crippen molar-refractivity contribution in [3.63, 3.8) is 0 Å². The molecule has 23 heavy (non-hydrogen) atoms. The third-order valence-corrected chi connectivity index (χ3v) is 15.0. The predicted molar refractivity (Wildman–Crippen MR) is 98.7 cm³/mol. The molecule has 0 aliphatic heterocycles. The number of Topliss-reactive ketones (excluding diaryl/α,β-unsaturated/α-hetero) is 1. The van der Waals surface area contributed by atoms with Crippen molar-refractivity contribution in [3.8, 4) is 5.75 Å². The molecule has 0 bridgehead atoms. The number of hydrogen-bond donors (Lipinski definition) is 0. The van der Waals surface area contributed by atoms with Gasteiger partial charge in [0, 0.05) is 5.56 Å². The van der Waals surface area contributed by atoms with Gasteiger partial charge in [0.05, 0.1) is 21.0 Å². The lowest BCUT2D eigenvalue weighted by atomic mass is 10.1. The summed E-state index contributed by atoms with van der Waals surface area (Å²) >= 11 is 0. The molecule has 0 unspecified atom stereocenters. The molecule has 1 aromatic rings. The molecular formula is C17H28O4Si2. The molecule has 0 atom stereocenters. The van der Waals surface area contributed by atoms with Gasteiger partial charge in [-0.25, -0.2) is 4.79 Å². The van der Waals surface area contributed by atoms with Crippen LogP contribution in [0.3, 0.4) is 0 Å². The Balaban J connectivity index is 2.91. The summed E-state index contributed by atoms with van der Waals surface area (Å²) in [6.07, 6.45) is -0.673. The Kier molecular flexibility index (Phi) is 5.64. The van der Waals surface area contributed by atoms with Gasteiger partial charge < -0.3 is 9.47 Å². The maximum atomic E-state index is 12.3. The van der Waals surface area contributed by atoms with Crippen LogP contribution in [-0.4, -0.2) is 32.9 Å². The summed E-state index contributed by atoms with van der Waals surface area (Å²) in [6, 6.07) is 6.50. The molecule has 1 rings (SSSR count). The second-order valence-electron chi connectivity index (χ2n) is 8.07. The molecule has 128 valence electrons. The highest BCUT2D eigenvalue weighted by molar-refractivity contribution is 6.98. The summed E-state index contributed by atoms with van der Waals surface area (Å²) in [6.45, 7) is 16.8. The molecule has 0 amide bonds. The zero-order valence-corrected chi connectivity index (χ0v) is 17.4. The summed E-state index contributed by atoms with van der Waals surface area (Å²) in [4.78, 5) is 23.1. The number of rotatable bonds is 5. The van der Waals surface area contributed by atoms with Crippen LogP contribution in [0.1, 0.15) is 24.2 Å². The summed E-state index contributed by atoms with van der Waals surface area (Å²) in [5.41, 5.74) is 0.583. The molecule has 0 spiro atoms. The minimum atomic E-state index is -1.76. The van der Waals surface area contributed by atoms with Gasteiger partial charge in [0.25, 0.3) is 0 Å². The number of carbonyl (C=O) groups excluding carboxylic acids is 2. The second-order valence-corrected chi connectivity index (χ2v) is 19.5. The lowest BCUT2D eigenvalue weighted by Crippen LogP contribution is -2.66. The molecule has 0 fully saturated rings. The third-order valence-electron chi connectivity index (χ3n) is 4.61. The van der Waals surface area contributed by atoms with Crippen LogP contribution in [0.25, 0.3) is 0 Å². The Morgan fingerprint density at radius 1 is 0.913 bits per heavy atom. The van der Waals surface area contributed by atoms with Gasteiger partial charge in [-0.3, -0.25) is 4.79 Å². The Bertz CT molecular complexity index is 566. The van der Waals surface area contributed by atoms with E-state index in [1.54, 1.807) is 24.3 Å². The molecule has 0 heterocycles. The van der Waals surface area contributed by atoms with Gasteiger partial charge in [0.2, 0.25) is 0 Å². The average Bonchev–Trinajstić information content (AvgIpc) is 2.36. The number of benzene rings is 1. The first-order chi connectivity index (χ1) is 10.3. The smallest absolute Gasteiger partial charge is 0.435 e. The van der Waals surface area contributed by atoms with Gasteiger partial charge in [0.1, 0.15) is 5.75 Å². The van der Waals surface area contributed by atoms with Crippen molar-refractivity contribution in [1.29, 1.82) is 0 Å². The summed E-state index contributed by atoms with van der Waals surface area (Å²) < 4.78 is 11.2. The van der Waals surface area contributed by atoms with Crippen LogP contribution in [0.5, 0.6) is 5.75 Å². The first kappa shape index (κ1) is 19.6. The van der Waals surface area contributed by atoms with E-state index < -0.39 is 27.2 Å². The van der Waals surface area contributed by atoms with E-state index in [9.17, 15) is 9.59 Å². The maximum absolute atomic E-state index is 12.3. The molecule has 0 N–H and O–H groups in total. The van der Waals surface area contributed by atoms with Crippen LogP contribution in [0.4, 0.5) is 4.79 Å². The number of ether oxygens (including phenoxy) is 2. The van der Waals surface area contributed by atoms with Crippen LogP contribution < -0.4 is 4.74 Å². The van der Waals surface area contributed by atoms with E-state index in [0.29, 0.717) is 11.3 Å².